The number of esters is 2. The molecule has 0 fully saturated rings. The van der Waals surface area contributed by atoms with E-state index < -0.39 is 11.6 Å². The van der Waals surface area contributed by atoms with Crippen molar-refractivity contribution in [2.24, 2.45) is 0 Å². The molecule has 0 atom stereocenters. The first-order chi connectivity index (χ1) is 10.0. The highest BCUT2D eigenvalue weighted by atomic mass is 16.5. The Morgan fingerprint density at radius 2 is 1.95 bits per heavy atom. The average molecular weight is 290 g/mol. The number of carbonyl (C=O) groups excluding carboxylic acids is 2. The predicted octanol–water partition coefficient (Wildman–Crippen LogP) is 2.03. The Hall–Kier alpha value is -2.63. The molecule has 1 aromatic heterocycles. The summed E-state index contributed by atoms with van der Waals surface area (Å²) in [5, 5.41) is 0.558. The third kappa shape index (κ3) is 3.47. The number of carbonyl (C=O) groups is 2. The van der Waals surface area contributed by atoms with Gasteiger partial charge in [0.25, 0.3) is 0 Å². The maximum Gasteiger partial charge on any atom is 0.351 e. The second kappa shape index (κ2) is 6.21. The molecule has 2 aromatic rings. The zero-order valence-corrected chi connectivity index (χ0v) is 11.7. The molecule has 0 aliphatic rings. The zero-order valence-electron chi connectivity index (χ0n) is 11.7. The van der Waals surface area contributed by atoms with Crippen LogP contribution in [0.15, 0.2) is 33.5 Å². The summed E-state index contributed by atoms with van der Waals surface area (Å²) in [7, 11) is 0. The van der Waals surface area contributed by atoms with Crippen molar-refractivity contribution in [3.8, 4) is 0 Å². The number of hydrogen-bond acceptors (Lipinski definition) is 6. The van der Waals surface area contributed by atoms with E-state index in [0.717, 1.165) is 5.56 Å². The van der Waals surface area contributed by atoms with Gasteiger partial charge < -0.3 is 13.9 Å². The largest absolute Gasteiger partial charge is 0.462 e. The van der Waals surface area contributed by atoms with Gasteiger partial charge in [0.05, 0.1) is 6.61 Å². The minimum absolute atomic E-state index is 0.110. The van der Waals surface area contributed by atoms with Gasteiger partial charge in [-0.2, -0.15) is 0 Å². The van der Waals surface area contributed by atoms with Gasteiger partial charge >= 0.3 is 17.6 Å². The van der Waals surface area contributed by atoms with E-state index in [1.54, 1.807) is 25.1 Å². The highest BCUT2D eigenvalue weighted by molar-refractivity contribution is 5.92. The fourth-order valence-corrected chi connectivity index (χ4v) is 1.80. The predicted molar refractivity (Wildman–Crippen MR) is 73.9 cm³/mol. The van der Waals surface area contributed by atoms with Crippen LogP contribution in [0.5, 0.6) is 0 Å². The van der Waals surface area contributed by atoms with E-state index >= 15 is 0 Å². The summed E-state index contributed by atoms with van der Waals surface area (Å²) in [4.78, 5) is 34.2. The van der Waals surface area contributed by atoms with E-state index in [2.05, 4.69) is 0 Å². The number of hydrogen-bond donors (Lipinski definition) is 0. The lowest BCUT2D eigenvalue weighted by Gasteiger charge is -2.05. The summed E-state index contributed by atoms with van der Waals surface area (Å²) >= 11 is 0. The van der Waals surface area contributed by atoms with Crippen molar-refractivity contribution in [3.63, 3.8) is 0 Å². The van der Waals surface area contributed by atoms with Crippen molar-refractivity contribution in [1.29, 1.82) is 0 Å². The molecule has 0 N–H and O–H groups in total. The van der Waals surface area contributed by atoms with Crippen molar-refractivity contribution >= 4 is 22.9 Å². The molecule has 0 bridgehead atoms. The fraction of sp³-hybridized carbons (Fsp3) is 0.267. The lowest BCUT2D eigenvalue weighted by Crippen LogP contribution is -2.16. The summed E-state index contributed by atoms with van der Waals surface area (Å²) in [5.41, 5.74) is 0.170. The third-order valence-corrected chi connectivity index (χ3v) is 2.73. The van der Waals surface area contributed by atoms with Crippen LogP contribution in [0.3, 0.4) is 0 Å². The SMILES string of the molecule is CCOC(=O)c1cc2cc(COC(C)=O)ccc2oc1=O. The van der Waals surface area contributed by atoms with Gasteiger partial charge in [0, 0.05) is 12.3 Å². The molecular formula is C15H14O6. The number of fused-ring (bicyclic) bond motifs is 1. The van der Waals surface area contributed by atoms with Crippen molar-refractivity contribution in [1.82, 2.24) is 0 Å². The van der Waals surface area contributed by atoms with Crippen LogP contribution in [0.1, 0.15) is 29.8 Å². The van der Waals surface area contributed by atoms with Gasteiger partial charge in [0.1, 0.15) is 17.8 Å². The maximum absolute atomic E-state index is 11.7. The summed E-state index contributed by atoms with van der Waals surface area (Å²) in [6, 6.07) is 6.36. The van der Waals surface area contributed by atoms with Crippen molar-refractivity contribution in [2.45, 2.75) is 20.5 Å². The molecule has 2 rings (SSSR count). The van der Waals surface area contributed by atoms with E-state index in [4.69, 9.17) is 13.9 Å². The molecule has 0 amide bonds. The number of benzene rings is 1. The van der Waals surface area contributed by atoms with Crippen molar-refractivity contribution in [3.05, 3.63) is 45.8 Å². The standard InChI is InChI=1S/C15H14O6/c1-3-19-14(17)12-7-11-6-10(8-20-9(2)16)4-5-13(11)21-15(12)18/h4-7H,3,8H2,1-2H3. The first-order valence-electron chi connectivity index (χ1n) is 6.38. The molecule has 110 valence electrons. The first-order valence-corrected chi connectivity index (χ1v) is 6.38. The van der Waals surface area contributed by atoms with Crippen LogP contribution < -0.4 is 5.63 Å². The molecular weight excluding hydrogens is 276 g/mol. The molecule has 0 saturated heterocycles. The highest BCUT2D eigenvalue weighted by Gasteiger charge is 2.14. The molecule has 1 heterocycles. The summed E-state index contributed by atoms with van der Waals surface area (Å²) < 4.78 is 14.8. The van der Waals surface area contributed by atoms with Gasteiger partial charge in [-0.3, -0.25) is 4.79 Å². The van der Waals surface area contributed by atoms with Crippen LogP contribution in [-0.4, -0.2) is 18.5 Å². The van der Waals surface area contributed by atoms with E-state index in [1.807, 2.05) is 0 Å². The molecule has 0 spiro atoms. The molecule has 21 heavy (non-hydrogen) atoms. The third-order valence-electron chi connectivity index (χ3n) is 2.73. The summed E-state index contributed by atoms with van der Waals surface area (Å²) in [6.07, 6.45) is 0. The van der Waals surface area contributed by atoms with E-state index in [-0.39, 0.29) is 24.7 Å². The molecule has 0 aliphatic heterocycles. The van der Waals surface area contributed by atoms with Crippen LogP contribution in [0.4, 0.5) is 0 Å². The van der Waals surface area contributed by atoms with E-state index in [1.165, 1.54) is 13.0 Å². The molecule has 1 aromatic carbocycles. The van der Waals surface area contributed by atoms with Crippen molar-refractivity contribution < 1.29 is 23.5 Å². The summed E-state index contributed by atoms with van der Waals surface area (Å²) in [6.45, 7) is 3.25. The zero-order chi connectivity index (χ0) is 15.4. The van der Waals surface area contributed by atoms with E-state index in [9.17, 15) is 14.4 Å². The fourth-order valence-electron chi connectivity index (χ4n) is 1.80. The molecule has 6 heteroatoms. The molecule has 0 aliphatic carbocycles. The quantitative estimate of drug-likeness (QED) is 0.633. The van der Waals surface area contributed by atoms with E-state index in [0.29, 0.717) is 11.0 Å². The van der Waals surface area contributed by atoms with Crippen LogP contribution in [0.25, 0.3) is 11.0 Å². The normalized spacial score (nSPS) is 10.4. The number of ether oxygens (including phenoxy) is 2. The second-order valence-electron chi connectivity index (χ2n) is 4.32. The van der Waals surface area contributed by atoms with Gasteiger partial charge in [0.15, 0.2) is 0 Å². The van der Waals surface area contributed by atoms with Gasteiger partial charge in [-0.25, -0.2) is 9.59 Å². The number of rotatable bonds is 4. The van der Waals surface area contributed by atoms with Gasteiger partial charge in [-0.1, -0.05) is 6.07 Å². The van der Waals surface area contributed by atoms with Crippen LogP contribution in [-0.2, 0) is 20.9 Å². The highest BCUT2D eigenvalue weighted by Crippen LogP contribution is 2.17. The van der Waals surface area contributed by atoms with Gasteiger partial charge in [0.2, 0.25) is 0 Å². The van der Waals surface area contributed by atoms with Crippen LogP contribution in [0.2, 0.25) is 0 Å². The molecule has 0 unspecified atom stereocenters. The minimum Gasteiger partial charge on any atom is -0.462 e. The molecule has 0 saturated carbocycles. The Labute approximate surface area is 120 Å². The maximum atomic E-state index is 11.7. The lowest BCUT2D eigenvalue weighted by molar-refractivity contribution is -0.142. The first kappa shape index (κ1) is 14.8. The molecule has 0 radical (unpaired) electrons. The summed E-state index contributed by atoms with van der Waals surface area (Å²) in [5.74, 6) is -1.11. The average Bonchev–Trinajstić information content (AvgIpc) is 2.44. The topological polar surface area (TPSA) is 82.8 Å². The Morgan fingerprint density at radius 1 is 1.19 bits per heavy atom. The smallest absolute Gasteiger partial charge is 0.351 e. The Kier molecular flexibility index (Phi) is 4.37. The van der Waals surface area contributed by atoms with Crippen LogP contribution in [0, 0.1) is 0 Å². The minimum atomic E-state index is -0.742. The Morgan fingerprint density at radius 3 is 2.62 bits per heavy atom. The van der Waals surface area contributed by atoms with Gasteiger partial charge in [-0.15, -0.1) is 0 Å². The van der Waals surface area contributed by atoms with Crippen LogP contribution >= 0.6 is 0 Å². The second-order valence-corrected chi connectivity index (χ2v) is 4.32. The monoisotopic (exact) mass is 290 g/mol. The van der Waals surface area contributed by atoms with Gasteiger partial charge in [-0.05, 0) is 30.7 Å². The Bertz CT molecular complexity index is 743. The molecule has 6 nitrogen and oxygen atoms in total. The Balaban J connectivity index is 2.41. The lowest BCUT2D eigenvalue weighted by atomic mass is 10.1. The van der Waals surface area contributed by atoms with Crippen molar-refractivity contribution in [2.75, 3.05) is 6.61 Å².